The Bertz CT molecular complexity index is 1130. The van der Waals surface area contributed by atoms with Gasteiger partial charge < -0.3 is 4.74 Å². The molecule has 0 fully saturated rings. The van der Waals surface area contributed by atoms with Gasteiger partial charge in [0, 0.05) is 17.6 Å². The molecule has 0 aliphatic rings. The highest BCUT2D eigenvalue weighted by molar-refractivity contribution is 7.88. The molecule has 9 nitrogen and oxygen atoms in total. The lowest BCUT2D eigenvalue weighted by Crippen LogP contribution is -2.24. The molecule has 11 heteroatoms. The SMILES string of the molecule is Cc1nnc2ccc(C(=O)OCC(=O)c3ccc(CCNS(C)(=O)=O)s3)cn12. The van der Waals surface area contributed by atoms with Crippen LogP contribution in [0.3, 0.4) is 0 Å². The summed E-state index contributed by atoms with van der Waals surface area (Å²) in [5, 5.41) is 7.86. The molecule has 3 aromatic rings. The number of sulfonamides is 1. The molecular weight excluding hydrogens is 404 g/mol. The molecule has 3 heterocycles. The Kier molecular flexibility index (Phi) is 5.87. The Morgan fingerprint density at radius 3 is 2.75 bits per heavy atom. The van der Waals surface area contributed by atoms with Crippen molar-refractivity contribution in [2.75, 3.05) is 19.4 Å². The molecule has 3 rings (SSSR count). The molecule has 3 aromatic heterocycles. The molecule has 0 atom stereocenters. The van der Waals surface area contributed by atoms with Gasteiger partial charge in [-0.1, -0.05) is 0 Å². The van der Waals surface area contributed by atoms with Crippen LogP contribution in [0.5, 0.6) is 0 Å². The lowest BCUT2D eigenvalue weighted by molar-refractivity contribution is 0.0475. The second kappa shape index (κ2) is 8.17. The quantitative estimate of drug-likeness (QED) is 0.428. The number of Topliss-reactive ketones (excluding diaryl/α,β-unsaturated/α-hetero) is 1. The Morgan fingerprint density at radius 2 is 2.00 bits per heavy atom. The molecule has 0 saturated heterocycles. The van der Waals surface area contributed by atoms with Crippen molar-refractivity contribution in [2.45, 2.75) is 13.3 Å². The molecule has 0 aliphatic carbocycles. The number of ether oxygens (including phenoxy) is 1. The van der Waals surface area contributed by atoms with Gasteiger partial charge >= 0.3 is 5.97 Å². The number of rotatable bonds is 8. The number of aryl methyl sites for hydroxylation is 1. The minimum atomic E-state index is -3.24. The van der Waals surface area contributed by atoms with E-state index in [1.165, 1.54) is 11.3 Å². The average Bonchev–Trinajstić information content (AvgIpc) is 3.25. The summed E-state index contributed by atoms with van der Waals surface area (Å²) in [6.07, 6.45) is 3.13. The van der Waals surface area contributed by atoms with E-state index in [2.05, 4.69) is 14.9 Å². The minimum absolute atomic E-state index is 0.257. The van der Waals surface area contributed by atoms with Crippen molar-refractivity contribution < 1.29 is 22.7 Å². The Balaban J connectivity index is 1.56. The van der Waals surface area contributed by atoms with Crippen LogP contribution < -0.4 is 4.72 Å². The third-order valence-electron chi connectivity index (χ3n) is 3.81. The maximum atomic E-state index is 12.2. The summed E-state index contributed by atoms with van der Waals surface area (Å²) in [5.74, 6) is -0.295. The Hall–Kier alpha value is -2.63. The second-order valence-electron chi connectivity index (χ2n) is 6.07. The predicted molar refractivity (Wildman–Crippen MR) is 103 cm³/mol. The first-order valence-electron chi connectivity index (χ1n) is 8.28. The number of hydrogen-bond acceptors (Lipinski definition) is 8. The molecule has 0 saturated carbocycles. The van der Waals surface area contributed by atoms with Crippen LogP contribution in [0, 0.1) is 6.92 Å². The Morgan fingerprint density at radius 1 is 1.21 bits per heavy atom. The van der Waals surface area contributed by atoms with E-state index in [1.54, 1.807) is 41.8 Å². The number of thiophene rings is 1. The number of nitrogens with one attached hydrogen (secondary N) is 1. The topological polar surface area (TPSA) is 120 Å². The third-order valence-corrected chi connectivity index (χ3v) is 5.73. The number of nitrogens with zero attached hydrogens (tertiary/aromatic N) is 3. The van der Waals surface area contributed by atoms with Crippen molar-refractivity contribution in [3.8, 4) is 0 Å². The van der Waals surface area contributed by atoms with Crippen molar-refractivity contribution in [1.29, 1.82) is 0 Å². The first-order chi connectivity index (χ1) is 13.2. The largest absolute Gasteiger partial charge is 0.454 e. The summed E-state index contributed by atoms with van der Waals surface area (Å²) in [6, 6.07) is 6.61. The van der Waals surface area contributed by atoms with Gasteiger partial charge in [-0.25, -0.2) is 17.9 Å². The standard InChI is InChI=1S/C17H18N4O5S2/c1-11-19-20-16-6-3-12(9-21(11)16)17(23)26-10-14(22)15-5-4-13(27-15)7-8-18-28(2,24)25/h3-6,9,18H,7-8,10H2,1-2H3. The van der Waals surface area contributed by atoms with Gasteiger partial charge in [0.05, 0.1) is 16.7 Å². The van der Waals surface area contributed by atoms with Crippen LogP contribution >= 0.6 is 11.3 Å². The normalized spacial score (nSPS) is 11.6. The maximum absolute atomic E-state index is 12.2. The van der Waals surface area contributed by atoms with Crippen molar-refractivity contribution in [2.24, 2.45) is 0 Å². The number of aromatic nitrogens is 3. The van der Waals surface area contributed by atoms with Crippen molar-refractivity contribution in [3.63, 3.8) is 0 Å². The number of carbonyl (C=O) groups excluding carboxylic acids is 2. The van der Waals surface area contributed by atoms with Crippen LogP contribution in [0.1, 0.15) is 30.7 Å². The van der Waals surface area contributed by atoms with Gasteiger partial charge in [-0.15, -0.1) is 21.5 Å². The molecule has 0 amide bonds. The molecule has 0 unspecified atom stereocenters. The van der Waals surface area contributed by atoms with Gasteiger partial charge in [0.2, 0.25) is 15.8 Å². The smallest absolute Gasteiger partial charge is 0.340 e. The summed E-state index contributed by atoms with van der Waals surface area (Å²) in [4.78, 5) is 25.8. The highest BCUT2D eigenvalue weighted by Crippen LogP contribution is 2.18. The highest BCUT2D eigenvalue weighted by atomic mass is 32.2. The Labute approximate surface area is 165 Å². The van der Waals surface area contributed by atoms with Gasteiger partial charge in [0.25, 0.3) is 0 Å². The van der Waals surface area contributed by atoms with Crippen LogP contribution in [0.4, 0.5) is 0 Å². The summed E-state index contributed by atoms with van der Waals surface area (Å²) < 4.78 is 31.3. The van der Waals surface area contributed by atoms with Crippen molar-refractivity contribution in [3.05, 3.63) is 51.6 Å². The number of esters is 1. The molecule has 0 spiro atoms. The van der Waals surface area contributed by atoms with Crippen LogP contribution in [-0.4, -0.2) is 54.2 Å². The van der Waals surface area contributed by atoms with E-state index in [0.29, 0.717) is 28.3 Å². The van der Waals surface area contributed by atoms with Gasteiger partial charge in [-0.05, 0) is 37.6 Å². The second-order valence-corrected chi connectivity index (χ2v) is 9.08. The van der Waals surface area contributed by atoms with Crippen LogP contribution in [0.25, 0.3) is 5.65 Å². The molecule has 0 aliphatic heterocycles. The number of fused-ring (bicyclic) bond motifs is 1. The van der Waals surface area contributed by atoms with Crippen molar-refractivity contribution in [1.82, 2.24) is 19.3 Å². The van der Waals surface area contributed by atoms with E-state index in [0.717, 1.165) is 11.1 Å². The lowest BCUT2D eigenvalue weighted by Gasteiger charge is -2.04. The van der Waals surface area contributed by atoms with E-state index < -0.39 is 16.0 Å². The monoisotopic (exact) mass is 422 g/mol. The highest BCUT2D eigenvalue weighted by Gasteiger charge is 2.15. The molecule has 28 heavy (non-hydrogen) atoms. The van der Waals surface area contributed by atoms with Crippen LogP contribution in [0.15, 0.2) is 30.5 Å². The first-order valence-corrected chi connectivity index (χ1v) is 11.0. The first kappa shape index (κ1) is 20.1. The van der Waals surface area contributed by atoms with Crippen LogP contribution in [-0.2, 0) is 21.2 Å². The molecule has 0 radical (unpaired) electrons. The van der Waals surface area contributed by atoms with E-state index in [-0.39, 0.29) is 18.9 Å². The summed E-state index contributed by atoms with van der Waals surface area (Å²) >= 11 is 1.25. The van der Waals surface area contributed by atoms with Gasteiger partial charge in [0.15, 0.2) is 12.3 Å². The van der Waals surface area contributed by atoms with E-state index in [9.17, 15) is 18.0 Å². The summed E-state index contributed by atoms with van der Waals surface area (Å²) in [5.41, 5.74) is 0.906. The molecule has 1 N–H and O–H groups in total. The van der Waals surface area contributed by atoms with Gasteiger partial charge in [-0.3, -0.25) is 9.20 Å². The lowest BCUT2D eigenvalue weighted by atomic mass is 10.3. The van der Waals surface area contributed by atoms with Gasteiger partial charge in [0.1, 0.15) is 5.82 Å². The minimum Gasteiger partial charge on any atom is -0.454 e. The summed E-state index contributed by atoms with van der Waals surface area (Å²) in [6.45, 7) is 1.64. The van der Waals surface area contributed by atoms with E-state index in [1.807, 2.05) is 0 Å². The molecule has 148 valence electrons. The number of hydrogen-bond donors (Lipinski definition) is 1. The number of pyridine rings is 1. The van der Waals surface area contributed by atoms with E-state index >= 15 is 0 Å². The van der Waals surface area contributed by atoms with Crippen LogP contribution in [0.2, 0.25) is 0 Å². The zero-order valence-corrected chi connectivity index (χ0v) is 16.8. The average molecular weight is 422 g/mol. The number of carbonyl (C=O) groups is 2. The van der Waals surface area contributed by atoms with E-state index in [4.69, 9.17) is 4.74 Å². The molecule has 0 aromatic carbocycles. The number of ketones is 1. The fourth-order valence-electron chi connectivity index (χ4n) is 2.43. The zero-order valence-electron chi connectivity index (χ0n) is 15.2. The summed E-state index contributed by atoms with van der Waals surface area (Å²) in [7, 11) is -3.24. The molecule has 0 bridgehead atoms. The van der Waals surface area contributed by atoms with Crippen molar-refractivity contribution >= 4 is 38.8 Å². The fourth-order valence-corrected chi connectivity index (χ4v) is 3.84. The zero-order chi connectivity index (χ0) is 20.3. The molecular formula is C17H18N4O5S2. The fraction of sp³-hybridized carbons (Fsp3) is 0.294. The maximum Gasteiger partial charge on any atom is 0.340 e. The van der Waals surface area contributed by atoms with Gasteiger partial charge in [-0.2, -0.15) is 0 Å². The predicted octanol–water partition coefficient (Wildman–Crippen LogP) is 1.23. The third kappa shape index (κ3) is 5.00.